The molecule has 0 saturated carbocycles. The highest BCUT2D eigenvalue weighted by Gasteiger charge is 2.32. The van der Waals surface area contributed by atoms with Crippen LogP contribution in [0.15, 0.2) is 0 Å². The van der Waals surface area contributed by atoms with Gasteiger partial charge in [-0.3, -0.25) is 14.9 Å². The molecule has 0 spiro atoms. The summed E-state index contributed by atoms with van der Waals surface area (Å²) in [5, 5.41) is 3.14. The summed E-state index contributed by atoms with van der Waals surface area (Å²) >= 11 is 0. The highest BCUT2D eigenvalue weighted by molar-refractivity contribution is 5.90. The zero-order chi connectivity index (χ0) is 15.3. The number of carbonyl (C=O) groups excluding carboxylic acids is 2. The van der Waals surface area contributed by atoms with Gasteiger partial charge in [0.2, 0.25) is 0 Å². The zero-order valence-electron chi connectivity index (χ0n) is 13.7. The van der Waals surface area contributed by atoms with Crippen LogP contribution >= 0.6 is 0 Å². The molecular formula is C16H31NO2. The Kier molecular flexibility index (Phi) is 6.92. The maximum absolute atomic E-state index is 12.2. The summed E-state index contributed by atoms with van der Waals surface area (Å²) < 4.78 is 0. The van der Waals surface area contributed by atoms with Gasteiger partial charge >= 0.3 is 0 Å². The Labute approximate surface area is 118 Å². The molecule has 0 aromatic heterocycles. The first-order valence-corrected chi connectivity index (χ1v) is 7.40. The third-order valence-electron chi connectivity index (χ3n) is 4.22. The predicted molar refractivity (Wildman–Crippen MR) is 80.2 cm³/mol. The monoisotopic (exact) mass is 269 g/mol. The summed E-state index contributed by atoms with van der Waals surface area (Å²) in [4.78, 5) is 24.3. The van der Waals surface area contributed by atoms with Crippen LogP contribution in [0.3, 0.4) is 0 Å². The lowest BCUT2D eigenvalue weighted by atomic mass is 9.80. The fourth-order valence-corrected chi connectivity index (χ4v) is 1.88. The number of carbonyl (C=O) groups is 2. The van der Waals surface area contributed by atoms with E-state index < -0.39 is 5.54 Å². The molecule has 0 amide bonds. The van der Waals surface area contributed by atoms with Crippen molar-refractivity contribution in [2.45, 2.75) is 73.3 Å². The number of rotatable bonds is 9. The van der Waals surface area contributed by atoms with Crippen LogP contribution in [0.2, 0.25) is 0 Å². The lowest BCUT2D eigenvalue weighted by Crippen LogP contribution is -2.50. The van der Waals surface area contributed by atoms with Crippen molar-refractivity contribution in [3.63, 3.8) is 0 Å². The Bertz CT molecular complexity index is 315. The summed E-state index contributed by atoms with van der Waals surface area (Å²) in [6.07, 6.45) is 2.22. The van der Waals surface area contributed by atoms with Crippen molar-refractivity contribution < 1.29 is 9.59 Å². The van der Waals surface area contributed by atoms with Crippen molar-refractivity contribution in [1.29, 1.82) is 0 Å². The number of Topliss-reactive ketones (excluding diaryl/α,β-unsaturated/α-hetero) is 2. The molecule has 0 atom stereocenters. The van der Waals surface area contributed by atoms with E-state index in [2.05, 4.69) is 5.32 Å². The summed E-state index contributed by atoms with van der Waals surface area (Å²) in [5.41, 5.74) is -0.896. The van der Waals surface area contributed by atoms with E-state index in [1.54, 1.807) is 0 Å². The molecule has 0 radical (unpaired) electrons. The minimum Gasteiger partial charge on any atom is -0.298 e. The SMILES string of the molecule is CCC(C)(CC)C(=O)CNC(C)(C)C(=O)CC(C)C. The van der Waals surface area contributed by atoms with Gasteiger partial charge in [0.15, 0.2) is 11.6 Å². The molecule has 0 aliphatic heterocycles. The van der Waals surface area contributed by atoms with Gasteiger partial charge in [-0.15, -0.1) is 0 Å². The Hall–Kier alpha value is -0.700. The second-order valence-corrected chi connectivity index (χ2v) is 6.69. The van der Waals surface area contributed by atoms with Crippen LogP contribution in [0.25, 0.3) is 0 Å². The van der Waals surface area contributed by atoms with Crippen LogP contribution in [0.1, 0.15) is 67.7 Å². The Morgan fingerprint density at radius 1 is 1.00 bits per heavy atom. The summed E-state index contributed by atoms with van der Waals surface area (Å²) in [6, 6.07) is 0. The average Bonchev–Trinajstić information content (AvgIpc) is 2.34. The van der Waals surface area contributed by atoms with Gasteiger partial charge in [-0.1, -0.05) is 34.6 Å². The molecule has 3 heteroatoms. The maximum atomic E-state index is 12.2. The third-order valence-corrected chi connectivity index (χ3v) is 4.22. The molecule has 0 heterocycles. The quantitative estimate of drug-likeness (QED) is 0.698. The molecule has 0 fully saturated rings. The van der Waals surface area contributed by atoms with Gasteiger partial charge in [-0.05, 0) is 32.6 Å². The molecule has 0 aromatic rings. The lowest BCUT2D eigenvalue weighted by Gasteiger charge is -2.29. The van der Waals surface area contributed by atoms with E-state index in [4.69, 9.17) is 0 Å². The first kappa shape index (κ1) is 18.3. The molecule has 19 heavy (non-hydrogen) atoms. The largest absolute Gasteiger partial charge is 0.298 e. The van der Waals surface area contributed by atoms with E-state index in [0.717, 1.165) is 12.8 Å². The van der Waals surface area contributed by atoms with E-state index in [-0.39, 0.29) is 23.5 Å². The van der Waals surface area contributed by atoms with E-state index in [1.165, 1.54) is 0 Å². The van der Waals surface area contributed by atoms with Gasteiger partial charge in [-0.2, -0.15) is 0 Å². The van der Waals surface area contributed by atoms with E-state index in [0.29, 0.717) is 12.3 Å². The minimum absolute atomic E-state index is 0.171. The molecular weight excluding hydrogens is 238 g/mol. The topological polar surface area (TPSA) is 46.2 Å². The summed E-state index contributed by atoms with van der Waals surface area (Å²) in [7, 11) is 0. The molecule has 0 aromatic carbocycles. The Morgan fingerprint density at radius 2 is 1.47 bits per heavy atom. The van der Waals surface area contributed by atoms with Crippen LogP contribution in [-0.4, -0.2) is 23.7 Å². The van der Waals surface area contributed by atoms with Crippen molar-refractivity contribution in [3.05, 3.63) is 0 Å². The zero-order valence-corrected chi connectivity index (χ0v) is 13.7. The van der Waals surface area contributed by atoms with Crippen LogP contribution < -0.4 is 5.32 Å². The summed E-state index contributed by atoms with van der Waals surface area (Å²) in [6.45, 7) is 14.1. The standard InChI is InChI=1S/C16H31NO2/c1-8-16(7,9-2)14(19)11-17-15(5,6)13(18)10-12(3)4/h12,17H,8-11H2,1-7H3. The third kappa shape index (κ3) is 5.43. The average molecular weight is 269 g/mol. The van der Waals surface area contributed by atoms with E-state index in [1.807, 2.05) is 48.5 Å². The van der Waals surface area contributed by atoms with Gasteiger partial charge in [-0.25, -0.2) is 0 Å². The second-order valence-electron chi connectivity index (χ2n) is 6.69. The number of nitrogens with one attached hydrogen (secondary N) is 1. The van der Waals surface area contributed by atoms with Gasteiger partial charge in [0, 0.05) is 11.8 Å². The second kappa shape index (κ2) is 7.18. The van der Waals surface area contributed by atoms with Gasteiger partial charge in [0.1, 0.15) is 0 Å². The molecule has 0 saturated heterocycles. The van der Waals surface area contributed by atoms with Crippen molar-refractivity contribution in [2.24, 2.45) is 11.3 Å². The van der Waals surface area contributed by atoms with Gasteiger partial charge < -0.3 is 0 Å². The van der Waals surface area contributed by atoms with E-state index >= 15 is 0 Å². The van der Waals surface area contributed by atoms with Gasteiger partial charge in [0.25, 0.3) is 0 Å². The van der Waals surface area contributed by atoms with Crippen LogP contribution in [-0.2, 0) is 9.59 Å². The molecule has 0 aliphatic carbocycles. The molecule has 1 N–H and O–H groups in total. The van der Waals surface area contributed by atoms with Crippen molar-refractivity contribution in [2.75, 3.05) is 6.54 Å². The smallest absolute Gasteiger partial charge is 0.152 e. The minimum atomic E-state index is -0.623. The molecule has 0 rings (SSSR count). The Morgan fingerprint density at radius 3 is 1.84 bits per heavy atom. The van der Waals surface area contributed by atoms with Crippen molar-refractivity contribution >= 4 is 11.6 Å². The van der Waals surface area contributed by atoms with Crippen molar-refractivity contribution in [3.8, 4) is 0 Å². The van der Waals surface area contributed by atoms with Crippen molar-refractivity contribution in [1.82, 2.24) is 5.32 Å². The van der Waals surface area contributed by atoms with Gasteiger partial charge in [0.05, 0.1) is 12.1 Å². The molecule has 0 unspecified atom stereocenters. The molecule has 0 bridgehead atoms. The first-order valence-electron chi connectivity index (χ1n) is 7.40. The fourth-order valence-electron chi connectivity index (χ4n) is 1.88. The molecule has 0 aliphatic rings. The lowest BCUT2D eigenvalue weighted by molar-refractivity contribution is -0.129. The van der Waals surface area contributed by atoms with Crippen LogP contribution in [0, 0.1) is 11.3 Å². The highest BCUT2D eigenvalue weighted by Crippen LogP contribution is 2.26. The number of hydrogen-bond donors (Lipinski definition) is 1. The molecule has 112 valence electrons. The van der Waals surface area contributed by atoms with Crippen LogP contribution in [0.5, 0.6) is 0 Å². The maximum Gasteiger partial charge on any atom is 0.152 e. The molecule has 3 nitrogen and oxygen atoms in total. The number of ketones is 2. The number of hydrogen-bond acceptors (Lipinski definition) is 3. The van der Waals surface area contributed by atoms with E-state index in [9.17, 15) is 9.59 Å². The van der Waals surface area contributed by atoms with Crippen LogP contribution in [0.4, 0.5) is 0 Å². The summed E-state index contributed by atoms with van der Waals surface area (Å²) in [5.74, 6) is 0.716. The highest BCUT2D eigenvalue weighted by atomic mass is 16.1. The predicted octanol–water partition coefficient (Wildman–Crippen LogP) is 3.37. The normalized spacial score (nSPS) is 12.8. The fraction of sp³-hybridized carbons (Fsp3) is 0.875. The first-order chi connectivity index (χ1) is 8.59. The Balaban J connectivity index is 4.54.